The maximum absolute atomic E-state index is 12.4. The highest BCUT2D eigenvalue weighted by molar-refractivity contribution is 5.90. The number of carbonyl (C=O) groups is 1. The molecule has 0 heterocycles. The minimum absolute atomic E-state index is 0.00647. The van der Waals surface area contributed by atoms with Gasteiger partial charge in [-0.05, 0) is 34.4 Å². The monoisotopic (exact) mass is 333 g/mol. The SMILES string of the molecule is CO[C@@H](CNC(=O)Cc1cccc2ccccc12)c1ccccc1C. The lowest BCUT2D eigenvalue weighted by molar-refractivity contribution is -0.121. The molecule has 0 radical (unpaired) electrons. The van der Waals surface area contributed by atoms with E-state index in [9.17, 15) is 4.79 Å². The Hall–Kier alpha value is -2.65. The first-order valence-corrected chi connectivity index (χ1v) is 8.50. The molecule has 0 aliphatic rings. The van der Waals surface area contributed by atoms with E-state index in [0.717, 1.165) is 27.5 Å². The molecule has 3 heteroatoms. The fraction of sp³-hybridized carbons (Fsp3) is 0.227. The quantitative estimate of drug-likeness (QED) is 0.734. The number of nitrogens with one attached hydrogen (secondary N) is 1. The molecule has 0 saturated carbocycles. The molecule has 0 aliphatic heterocycles. The van der Waals surface area contributed by atoms with Crippen molar-refractivity contribution < 1.29 is 9.53 Å². The third-order valence-electron chi connectivity index (χ3n) is 4.54. The summed E-state index contributed by atoms with van der Waals surface area (Å²) in [6, 6.07) is 22.3. The maximum Gasteiger partial charge on any atom is 0.224 e. The van der Waals surface area contributed by atoms with Crippen LogP contribution in [0.25, 0.3) is 10.8 Å². The lowest BCUT2D eigenvalue weighted by Gasteiger charge is -2.18. The first-order chi connectivity index (χ1) is 12.2. The summed E-state index contributed by atoms with van der Waals surface area (Å²) in [5.41, 5.74) is 3.31. The summed E-state index contributed by atoms with van der Waals surface area (Å²) < 4.78 is 5.57. The number of benzene rings is 3. The van der Waals surface area contributed by atoms with E-state index < -0.39 is 0 Å². The highest BCUT2D eigenvalue weighted by Crippen LogP contribution is 2.21. The van der Waals surface area contributed by atoms with Crippen LogP contribution in [0, 0.1) is 6.92 Å². The molecule has 25 heavy (non-hydrogen) atoms. The molecule has 3 aromatic carbocycles. The van der Waals surface area contributed by atoms with E-state index in [1.165, 1.54) is 0 Å². The number of hydrogen-bond acceptors (Lipinski definition) is 2. The zero-order valence-electron chi connectivity index (χ0n) is 14.7. The highest BCUT2D eigenvalue weighted by atomic mass is 16.5. The summed E-state index contributed by atoms with van der Waals surface area (Å²) in [7, 11) is 1.67. The zero-order valence-corrected chi connectivity index (χ0v) is 14.7. The molecule has 3 aromatic rings. The molecule has 1 N–H and O–H groups in total. The molecular weight excluding hydrogens is 310 g/mol. The first-order valence-electron chi connectivity index (χ1n) is 8.50. The Morgan fingerprint density at radius 1 is 1.00 bits per heavy atom. The summed E-state index contributed by atoms with van der Waals surface area (Å²) in [6.07, 6.45) is 0.226. The zero-order chi connectivity index (χ0) is 17.6. The second-order valence-corrected chi connectivity index (χ2v) is 6.20. The van der Waals surface area contributed by atoms with Crippen LogP contribution in [0.5, 0.6) is 0 Å². The molecule has 128 valence electrons. The molecular formula is C22H23NO2. The van der Waals surface area contributed by atoms with Gasteiger partial charge in [0.2, 0.25) is 5.91 Å². The van der Waals surface area contributed by atoms with E-state index in [0.29, 0.717) is 13.0 Å². The van der Waals surface area contributed by atoms with Crippen LogP contribution in [-0.2, 0) is 16.0 Å². The highest BCUT2D eigenvalue weighted by Gasteiger charge is 2.14. The lowest BCUT2D eigenvalue weighted by atomic mass is 10.0. The molecule has 0 bridgehead atoms. The van der Waals surface area contributed by atoms with Crippen molar-refractivity contribution in [2.75, 3.05) is 13.7 Å². The van der Waals surface area contributed by atoms with E-state index in [1.54, 1.807) is 7.11 Å². The third-order valence-corrected chi connectivity index (χ3v) is 4.54. The summed E-state index contributed by atoms with van der Waals surface area (Å²) in [6.45, 7) is 2.52. The van der Waals surface area contributed by atoms with Gasteiger partial charge in [0.1, 0.15) is 0 Å². The van der Waals surface area contributed by atoms with Crippen molar-refractivity contribution in [1.29, 1.82) is 0 Å². The number of aryl methyl sites for hydroxylation is 1. The standard InChI is InChI=1S/C22H23NO2/c1-16-8-3-5-12-19(16)21(25-2)15-23-22(24)14-18-11-7-10-17-9-4-6-13-20(17)18/h3-13,21H,14-15H2,1-2H3,(H,23,24)/t21-/m0/s1. The van der Waals surface area contributed by atoms with Crippen molar-refractivity contribution in [2.24, 2.45) is 0 Å². The molecule has 3 rings (SSSR count). The largest absolute Gasteiger partial charge is 0.375 e. The number of amides is 1. The molecule has 0 fully saturated rings. The summed E-state index contributed by atoms with van der Waals surface area (Å²) in [5.74, 6) is 0.00647. The van der Waals surface area contributed by atoms with E-state index in [-0.39, 0.29) is 12.0 Å². The van der Waals surface area contributed by atoms with E-state index >= 15 is 0 Å². The Morgan fingerprint density at radius 2 is 1.72 bits per heavy atom. The van der Waals surface area contributed by atoms with Gasteiger partial charge in [-0.1, -0.05) is 66.7 Å². The smallest absolute Gasteiger partial charge is 0.224 e. The number of carbonyl (C=O) groups excluding carboxylic acids is 1. The number of fused-ring (bicyclic) bond motifs is 1. The Morgan fingerprint density at radius 3 is 2.52 bits per heavy atom. The molecule has 0 saturated heterocycles. The molecule has 3 nitrogen and oxygen atoms in total. The minimum atomic E-state index is -0.141. The average molecular weight is 333 g/mol. The van der Waals surface area contributed by atoms with Gasteiger partial charge >= 0.3 is 0 Å². The van der Waals surface area contributed by atoms with Crippen LogP contribution in [0.2, 0.25) is 0 Å². The summed E-state index contributed by atoms with van der Waals surface area (Å²) in [5, 5.41) is 5.29. The Labute approximate surface area is 148 Å². The van der Waals surface area contributed by atoms with Gasteiger partial charge in [0, 0.05) is 13.7 Å². The van der Waals surface area contributed by atoms with Gasteiger partial charge in [-0.3, -0.25) is 4.79 Å². The average Bonchev–Trinajstić information content (AvgIpc) is 2.64. The van der Waals surface area contributed by atoms with Crippen LogP contribution in [0.15, 0.2) is 66.7 Å². The molecule has 0 unspecified atom stereocenters. The van der Waals surface area contributed by atoms with Crippen LogP contribution in [0.3, 0.4) is 0 Å². The van der Waals surface area contributed by atoms with Gasteiger partial charge in [-0.2, -0.15) is 0 Å². The summed E-state index contributed by atoms with van der Waals surface area (Å²) >= 11 is 0. The number of hydrogen-bond donors (Lipinski definition) is 1. The van der Waals surface area contributed by atoms with Gasteiger partial charge in [-0.15, -0.1) is 0 Å². The molecule has 1 atom stereocenters. The number of rotatable bonds is 6. The van der Waals surface area contributed by atoms with Crippen molar-refractivity contribution >= 4 is 16.7 Å². The van der Waals surface area contributed by atoms with Crippen LogP contribution in [0.4, 0.5) is 0 Å². The molecule has 0 aromatic heterocycles. The lowest BCUT2D eigenvalue weighted by Crippen LogP contribution is -2.30. The number of ether oxygens (including phenoxy) is 1. The van der Waals surface area contributed by atoms with Crippen LogP contribution in [-0.4, -0.2) is 19.6 Å². The third kappa shape index (κ3) is 4.06. The predicted molar refractivity (Wildman–Crippen MR) is 102 cm³/mol. The second-order valence-electron chi connectivity index (χ2n) is 6.20. The van der Waals surface area contributed by atoms with E-state index in [1.807, 2.05) is 42.5 Å². The Balaban J connectivity index is 1.67. The molecule has 0 spiro atoms. The van der Waals surface area contributed by atoms with Crippen LogP contribution < -0.4 is 5.32 Å². The van der Waals surface area contributed by atoms with Gasteiger partial charge in [0.25, 0.3) is 0 Å². The predicted octanol–water partition coefficient (Wildman–Crippen LogP) is 4.19. The van der Waals surface area contributed by atoms with Gasteiger partial charge in [0.05, 0.1) is 12.5 Å². The maximum atomic E-state index is 12.4. The second kappa shape index (κ2) is 7.95. The number of methoxy groups -OCH3 is 1. The van der Waals surface area contributed by atoms with E-state index in [4.69, 9.17) is 4.74 Å². The molecule has 0 aliphatic carbocycles. The normalized spacial score (nSPS) is 12.1. The molecule has 1 amide bonds. The fourth-order valence-corrected chi connectivity index (χ4v) is 3.16. The Kier molecular flexibility index (Phi) is 5.46. The summed E-state index contributed by atoms with van der Waals surface area (Å²) in [4.78, 5) is 12.4. The fourth-order valence-electron chi connectivity index (χ4n) is 3.16. The van der Waals surface area contributed by atoms with Crippen LogP contribution in [0.1, 0.15) is 22.8 Å². The van der Waals surface area contributed by atoms with Crippen molar-refractivity contribution in [2.45, 2.75) is 19.4 Å². The van der Waals surface area contributed by atoms with Crippen molar-refractivity contribution in [3.05, 3.63) is 83.4 Å². The Bertz CT molecular complexity index is 867. The minimum Gasteiger partial charge on any atom is -0.375 e. The van der Waals surface area contributed by atoms with Crippen molar-refractivity contribution in [1.82, 2.24) is 5.32 Å². The van der Waals surface area contributed by atoms with Crippen molar-refractivity contribution in [3.8, 4) is 0 Å². The van der Waals surface area contributed by atoms with Gasteiger partial charge < -0.3 is 10.1 Å². The van der Waals surface area contributed by atoms with Crippen LogP contribution >= 0.6 is 0 Å². The van der Waals surface area contributed by atoms with Gasteiger partial charge in [-0.25, -0.2) is 0 Å². The van der Waals surface area contributed by atoms with E-state index in [2.05, 4.69) is 36.5 Å². The first kappa shape index (κ1) is 17.2. The van der Waals surface area contributed by atoms with Crippen molar-refractivity contribution in [3.63, 3.8) is 0 Å². The topological polar surface area (TPSA) is 38.3 Å². The van der Waals surface area contributed by atoms with Gasteiger partial charge in [0.15, 0.2) is 0 Å².